The lowest BCUT2D eigenvalue weighted by atomic mass is 9.99. The molecule has 20 heavy (non-hydrogen) atoms. The van der Waals surface area contributed by atoms with Gasteiger partial charge in [0.2, 0.25) is 0 Å². The van der Waals surface area contributed by atoms with E-state index < -0.39 is 0 Å². The monoisotopic (exact) mass is 269 g/mol. The standard InChI is InChI=1S/C17H19NO2/c1-3-7-14(8-4-1)17(15-9-5-2-6-10-15)18-13-16-19-11-12-20-16/h1-10,16-18H,11-13H2. The largest absolute Gasteiger partial charge is 0.349 e. The quantitative estimate of drug-likeness (QED) is 0.905. The van der Waals surface area contributed by atoms with E-state index in [9.17, 15) is 0 Å². The molecule has 0 spiro atoms. The lowest BCUT2D eigenvalue weighted by molar-refractivity contribution is -0.0400. The molecule has 0 radical (unpaired) electrons. The van der Waals surface area contributed by atoms with Crippen LogP contribution in [0.2, 0.25) is 0 Å². The predicted octanol–water partition coefficient (Wildman–Crippen LogP) is 2.74. The van der Waals surface area contributed by atoms with Gasteiger partial charge in [0.15, 0.2) is 6.29 Å². The Hall–Kier alpha value is -1.68. The molecule has 2 aromatic carbocycles. The molecule has 2 aromatic rings. The van der Waals surface area contributed by atoms with E-state index in [1.807, 2.05) is 12.1 Å². The molecule has 0 amide bonds. The second-order valence-electron chi connectivity index (χ2n) is 4.83. The zero-order valence-electron chi connectivity index (χ0n) is 11.4. The van der Waals surface area contributed by atoms with E-state index in [4.69, 9.17) is 9.47 Å². The number of benzene rings is 2. The van der Waals surface area contributed by atoms with Crippen LogP contribution in [-0.4, -0.2) is 26.0 Å². The first-order valence-corrected chi connectivity index (χ1v) is 7.00. The summed E-state index contributed by atoms with van der Waals surface area (Å²) in [5.41, 5.74) is 2.49. The minimum absolute atomic E-state index is 0.134. The fourth-order valence-electron chi connectivity index (χ4n) is 2.46. The van der Waals surface area contributed by atoms with Crippen molar-refractivity contribution in [3.8, 4) is 0 Å². The minimum Gasteiger partial charge on any atom is -0.349 e. The Morgan fingerprint density at radius 1 is 0.850 bits per heavy atom. The first-order valence-electron chi connectivity index (χ1n) is 7.00. The summed E-state index contributed by atoms with van der Waals surface area (Å²) in [4.78, 5) is 0. The van der Waals surface area contributed by atoms with Gasteiger partial charge in [-0.15, -0.1) is 0 Å². The molecule has 0 atom stereocenters. The second-order valence-corrected chi connectivity index (χ2v) is 4.83. The molecule has 0 aliphatic carbocycles. The molecule has 1 saturated heterocycles. The average molecular weight is 269 g/mol. The molecule has 3 heteroatoms. The zero-order valence-corrected chi connectivity index (χ0v) is 11.4. The van der Waals surface area contributed by atoms with Crippen molar-refractivity contribution in [3.63, 3.8) is 0 Å². The summed E-state index contributed by atoms with van der Waals surface area (Å²) < 4.78 is 11.0. The van der Waals surface area contributed by atoms with E-state index in [-0.39, 0.29) is 12.3 Å². The molecule has 1 aliphatic rings. The van der Waals surface area contributed by atoms with Crippen molar-refractivity contribution in [3.05, 3.63) is 71.8 Å². The zero-order chi connectivity index (χ0) is 13.6. The van der Waals surface area contributed by atoms with Crippen LogP contribution < -0.4 is 5.32 Å². The van der Waals surface area contributed by atoms with Crippen LogP contribution in [0, 0.1) is 0 Å². The summed E-state index contributed by atoms with van der Waals surface area (Å²) in [5.74, 6) is 0. The van der Waals surface area contributed by atoms with Crippen molar-refractivity contribution in [2.75, 3.05) is 19.8 Å². The summed E-state index contributed by atoms with van der Waals surface area (Å²) in [6.07, 6.45) is -0.134. The topological polar surface area (TPSA) is 30.5 Å². The average Bonchev–Trinajstić information content (AvgIpc) is 3.03. The van der Waals surface area contributed by atoms with Crippen LogP contribution in [0.15, 0.2) is 60.7 Å². The summed E-state index contributed by atoms with van der Waals surface area (Å²) in [5, 5.41) is 3.54. The van der Waals surface area contributed by atoms with Crippen molar-refractivity contribution in [1.29, 1.82) is 0 Å². The molecule has 3 nitrogen and oxygen atoms in total. The molecule has 0 bridgehead atoms. The highest BCUT2D eigenvalue weighted by Crippen LogP contribution is 2.22. The maximum Gasteiger partial charge on any atom is 0.170 e. The Morgan fingerprint density at radius 3 is 1.85 bits per heavy atom. The molecule has 1 heterocycles. The maximum atomic E-state index is 5.49. The van der Waals surface area contributed by atoms with E-state index >= 15 is 0 Å². The molecule has 0 saturated carbocycles. The molecule has 1 fully saturated rings. The lowest BCUT2D eigenvalue weighted by Crippen LogP contribution is -2.31. The van der Waals surface area contributed by atoms with E-state index in [2.05, 4.69) is 53.8 Å². The third kappa shape index (κ3) is 3.25. The minimum atomic E-state index is -0.134. The molecular formula is C17H19NO2. The second kappa shape index (κ2) is 6.66. The third-order valence-electron chi connectivity index (χ3n) is 3.45. The fourth-order valence-corrected chi connectivity index (χ4v) is 2.46. The summed E-state index contributed by atoms with van der Waals surface area (Å²) in [7, 11) is 0. The predicted molar refractivity (Wildman–Crippen MR) is 78.4 cm³/mol. The Bertz CT molecular complexity index is 470. The van der Waals surface area contributed by atoms with Crippen molar-refractivity contribution in [1.82, 2.24) is 5.32 Å². The summed E-state index contributed by atoms with van der Waals surface area (Å²) >= 11 is 0. The maximum absolute atomic E-state index is 5.49. The highest BCUT2D eigenvalue weighted by molar-refractivity contribution is 5.31. The van der Waals surface area contributed by atoms with Gasteiger partial charge >= 0.3 is 0 Å². The van der Waals surface area contributed by atoms with Crippen molar-refractivity contribution >= 4 is 0 Å². The first kappa shape index (κ1) is 13.3. The van der Waals surface area contributed by atoms with Gasteiger partial charge in [0.1, 0.15) is 0 Å². The molecule has 3 rings (SSSR count). The summed E-state index contributed by atoms with van der Waals surface area (Å²) in [6.45, 7) is 2.07. The van der Waals surface area contributed by atoms with Gasteiger partial charge < -0.3 is 14.8 Å². The van der Waals surface area contributed by atoms with E-state index in [1.165, 1.54) is 11.1 Å². The smallest absolute Gasteiger partial charge is 0.170 e. The van der Waals surface area contributed by atoms with Crippen LogP contribution in [0.5, 0.6) is 0 Å². The number of ether oxygens (including phenoxy) is 2. The van der Waals surface area contributed by atoms with Crippen LogP contribution in [-0.2, 0) is 9.47 Å². The first-order chi connectivity index (χ1) is 9.93. The highest BCUT2D eigenvalue weighted by atomic mass is 16.7. The van der Waals surface area contributed by atoms with Gasteiger partial charge in [0.05, 0.1) is 19.3 Å². The third-order valence-corrected chi connectivity index (χ3v) is 3.45. The molecule has 1 aliphatic heterocycles. The molecule has 0 unspecified atom stereocenters. The number of hydrogen-bond donors (Lipinski definition) is 1. The highest BCUT2D eigenvalue weighted by Gasteiger charge is 2.19. The SMILES string of the molecule is c1ccc(C(NCC2OCCO2)c2ccccc2)cc1. The lowest BCUT2D eigenvalue weighted by Gasteiger charge is -2.21. The van der Waals surface area contributed by atoms with Crippen LogP contribution in [0.1, 0.15) is 17.2 Å². The number of hydrogen-bond acceptors (Lipinski definition) is 3. The Labute approximate surface area is 119 Å². The number of nitrogens with one attached hydrogen (secondary N) is 1. The van der Waals surface area contributed by atoms with E-state index in [0.29, 0.717) is 19.8 Å². The van der Waals surface area contributed by atoms with E-state index in [1.54, 1.807) is 0 Å². The van der Waals surface area contributed by atoms with Crippen molar-refractivity contribution in [2.45, 2.75) is 12.3 Å². The molecule has 1 N–H and O–H groups in total. The van der Waals surface area contributed by atoms with Crippen LogP contribution in [0.25, 0.3) is 0 Å². The van der Waals surface area contributed by atoms with Gasteiger partial charge in [-0.05, 0) is 11.1 Å². The molecular weight excluding hydrogens is 250 g/mol. The Balaban J connectivity index is 1.76. The van der Waals surface area contributed by atoms with Crippen molar-refractivity contribution in [2.24, 2.45) is 0 Å². The van der Waals surface area contributed by atoms with Crippen LogP contribution in [0.4, 0.5) is 0 Å². The van der Waals surface area contributed by atoms with Gasteiger partial charge in [-0.2, -0.15) is 0 Å². The van der Waals surface area contributed by atoms with Gasteiger partial charge in [-0.3, -0.25) is 0 Å². The van der Waals surface area contributed by atoms with Crippen LogP contribution >= 0.6 is 0 Å². The van der Waals surface area contributed by atoms with Gasteiger partial charge in [0.25, 0.3) is 0 Å². The molecule has 104 valence electrons. The fraction of sp³-hybridized carbons (Fsp3) is 0.294. The number of rotatable bonds is 5. The van der Waals surface area contributed by atoms with Crippen molar-refractivity contribution < 1.29 is 9.47 Å². The Kier molecular flexibility index (Phi) is 4.43. The summed E-state index contributed by atoms with van der Waals surface area (Å²) in [6, 6.07) is 21.1. The normalized spacial score (nSPS) is 15.8. The van der Waals surface area contributed by atoms with E-state index in [0.717, 1.165) is 0 Å². The van der Waals surface area contributed by atoms with Gasteiger partial charge in [-0.25, -0.2) is 0 Å². The van der Waals surface area contributed by atoms with Gasteiger partial charge in [-0.1, -0.05) is 60.7 Å². The Morgan fingerprint density at radius 2 is 1.35 bits per heavy atom. The van der Waals surface area contributed by atoms with Gasteiger partial charge in [0, 0.05) is 6.54 Å². The molecule has 0 aromatic heterocycles. The van der Waals surface area contributed by atoms with Crippen LogP contribution in [0.3, 0.4) is 0 Å².